The zero-order valence-electron chi connectivity index (χ0n) is 11.8. The van der Waals surface area contributed by atoms with Crippen LogP contribution in [0.4, 0.5) is 18.9 Å². The van der Waals surface area contributed by atoms with E-state index in [0.717, 1.165) is 42.5 Å². The quantitative estimate of drug-likeness (QED) is 0.832. The van der Waals surface area contributed by atoms with Gasteiger partial charge in [-0.05, 0) is 24.3 Å². The Morgan fingerprint density at radius 1 is 1.14 bits per heavy atom. The highest BCUT2D eigenvalue weighted by atomic mass is 79.9. The maximum atomic E-state index is 13.1. The number of hydrogen-bond acceptors (Lipinski definition) is 2. The lowest BCUT2D eigenvalue weighted by Crippen LogP contribution is -2.84. The Morgan fingerprint density at radius 2 is 1.95 bits per heavy atom. The van der Waals surface area contributed by atoms with Gasteiger partial charge >= 0.3 is 6.18 Å². The number of anilines is 1. The normalized spacial score (nSPS) is 16.8. The Hall–Kier alpha value is -1.34. The summed E-state index contributed by atoms with van der Waals surface area (Å²) in [6.45, 7) is 3.40. The standard InChI is InChI=1S/C15H15BrF3N3/c16-10-2-3-12-11(8-10)13(9-14(21-12)15(17,18)19)22-6-1-4-20-5-7-22/h2-3,8-9,20H,1,4-7H2/p+1. The third kappa shape index (κ3) is 3.20. The number of aromatic nitrogens is 1. The van der Waals surface area contributed by atoms with E-state index in [1.165, 1.54) is 6.07 Å². The zero-order valence-corrected chi connectivity index (χ0v) is 13.4. The van der Waals surface area contributed by atoms with Crippen LogP contribution in [0.1, 0.15) is 12.1 Å². The van der Waals surface area contributed by atoms with E-state index in [0.29, 0.717) is 11.2 Å². The minimum absolute atomic E-state index is 0.376. The molecule has 118 valence electrons. The summed E-state index contributed by atoms with van der Waals surface area (Å²) in [7, 11) is 0. The summed E-state index contributed by atoms with van der Waals surface area (Å²) in [6.07, 6.45) is -3.48. The summed E-state index contributed by atoms with van der Waals surface area (Å²) < 4.78 is 40.2. The van der Waals surface area contributed by atoms with E-state index >= 15 is 0 Å². The lowest BCUT2D eigenvalue weighted by Gasteiger charge is -2.24. The molecule has 2 N–H and O–H groups in total. The van der Waals surface area contributed by atoms with Crippen molar-refractivity contribution < 1.29 is 18.5 Å². The number of nitrogens with zero attached hydrogens (tertiary/aromatic N) is 2. The van der Waals surface area contributed by atoms with Crippen molar-refractivity contribution in [3.05, 3.63) is 34.4 Å². The van der Waals surface area contributed by atoms with E-state index in [1.54, 1.807) is 12.1 Å². The highest BCUT2D eigenvalue weighted by molar-refractivity contribution is 9.10. The molecule has 1 aromatic heterocycles. The molecule has 0 amide bonds. The number of quaternary nitrogens is 1. The second-order valence-electron chi connectivity index (χ2n) is 5.39. The van der Waals surface area contributed by atoms with Crippen LogP contribution in [0.3, 0.4) is 0 Å². The maximum absolute atomic E-state index is 13.1. The summed E-state index contributed by atoms with van der Waals surface area (Å²) >= 11 is 3.39. The van der Waals surface area contributed by atoms with Gasteiger partial charge in [-0.2, -0.15) is 13.2 Å². The molecule has 0 saturated carbocycles. The third-order valence-corrected chi connectivity index (χ3v) is 4.31. The number of fused-ring (bicyclic) bond motifs is 1. The van der Waals surface area contributed by atoms with Gasteiger partial charge < -0.3 is 10.2 Å². The Kier molecular flexibility index (Phi) is 4.27. The third-order valence-electron chi connectivity index (χ3n) is 3.82. The maximum Gasteiger partial charge on any atom is 0.433 e. The van der Waals surface area contributed by atoms with Crippen LogP contribution in [0.2, 0.25) is 0 Å². The van der Waals surface area contributed by atoms with Gasteiger partial charge in [-0.3, -0.25) is 0 Å². The van der Waals surface area contributed by atoms with E-state index in [2.05, 4.69) is 26.2 Å². The second kappa shape index (κ2) is 6.04. The first-order valence-corrected chi connectivity index (χ1v) is 7.98. The molecule has 2 heterocycles. The topological polar surface area (TPSA) is 32.7 Å². The number of nitrogens with two attached hydrogens (primary N) is 1. The number of alkyl halides is 3. The van der Waals surface area contributed by atoms with Gasteiger partial charge in [-0.15, -0.1) is 0 Å². The molecule has 22 heavy (non-hydrogen) atoms. The smallest absolute Gasteiger partial charge is 0.365 e. The van der Waals surface area contributed by atoms with Crippen LogP contribution >= 0.6 is 15.9 Å². The largest absolute Gasteiger partial charge is 0.433 e. The Balaban J connectivity index is 2.17. The second-order valence-corrected chi connectivity index (χ2v) is 6.31. The van der Waals surface area contributed by atoms with Gasteiger partial charge in [0.1, 0.15) is 5.69 Å². The fourth-order valence-corrected chi connectivity index (χ4v) is 3.12. The molecular formula is C15H16BrF3N3+. The summed E-state index contributed by atoms with van der Waals surface area (Å²) in [6, 6.07) is 6.37. The molecule has 0 unspecified atom stereocenters. The van der Waals surface area contributed by atoms with E-state index in [-0.39, 0.29) is 0 Å². The van der Waals surface area contributed by atoms with Gasteiger partial charge in [-0.1, -0.05) is 15.9 Å². The van der Waals surface area contributed by atoms with Crippen molar-refractivity contribution in [2.24, 2.45) is 0 Å². The van der Waals surface area contributed by atoms with Crippen molar-refractivity contribution >= 4 is 32.5 Å². The van der Waals surface area contributed by atoms with Gasteiger partial charge in [0.05, 0.1) is 25.2 Å². The van der Waals surface area contributed by atoms with Crippen LogP contribution in [0.25, 0.3) is 10.9 Å². The highest BCUT2D eigenvalue weighted by Gasteiger charge is 2.34. The molecule has 3 rings (SSSR count). The van der Waals surface area contributed by atoms with Gasteiger partial charge in [0.25, 0.3) is 0 Å². The molecule has 0 atom stereocenters. The number of halogens is 4. The van der Waals surface area contributed by atoms with Crippen molar-refractivity contribution in [3.63, 3.8) is 0 Å². The van der Waals surface area contributed by atoms with Gasteiger partial charge in [0, 0.05) is 28.5 Å². The first-order chi connectivity index (χ1) is 10.4. The molecule has 2 aromatic rings. The van der Waals surface area contributed by atoms with Crippen LogP contribution in [0.5, 0.6) is 0 Å². The average Bonchev–Trinajstić information content (AvgIpc) is 2.74. The summed E-state index contributed by atoms with van der Waals surface area (Å²) in [5.74, 6) is 0. The first kappa shape index (κ1) is 15.6. The highest BCUT2D eigenvalue weighted by Crippen LogP contribution is 2.35. The van der Waals surface area contributed by atoms with E-state index in [9.17, 15) is 13.2 Å². The van der Waals surface area contributed by atoms with Crippen LogP contribution < -0.4 is 10.2 Å². The van der Waals surface area contributed by atoms with E-state index in [1.807, 2.05) is 11.0 Å². The van der Waals surface area contributed by atoms with Crippen LogP contribution in [-0.4, -0.2) is 31.2 Å². The summed E-state index contributed by atoms with van der Waals surface area (Å²) in [4.78, 5) is 5.82. The molecule has 1 aromatic carbocycles. The van der Waals surface area contributed by atoms with Crippen molar-refractivity contribution in [3.8, 4) is 0 Å². The van der Waals surface area contributed by atoms with Gasteiger partial charge in [0.2, 0.25) is 0 Å². The molecule has 3 nitrogen and oxygen atoms in total. The summed E-state index contributed by atoms with van der Waals surface area (Å²) in [5.41, 5.74) is 0.167. The molecule has 1 aliphatic rings. The van der Waals surface area contributed by atoms with Crippen LogP contribution in [0, 0.1) is 0 Å². The SMILES string of the molecule is FC(F)(F)c1cc(N2CCC[NH2+]CC2)c2cc(Br)ccc2n1. The van der Waals surface area contributed by atoms with Crippen molar-refractivity contribution in [1.82, 2.24) is 4.98 Å². The molecule has 0 radical (unpaired) electrons. The molecular weight excluding hydrogens is 359 g/mol. The average molecular weight is 375 g/mol. The van der Waals surface area contributed by atoms with Gasteiger partial charge in [0.15, 0.2) is 0 Å². The Morgan fingerprint density at radius 3 is 2.73 bits per heavy atom. The van der Waals surface area contributed by atoms with Crippen LogP contribution in [-0.2, 0) is 6.18 Å². The molecule has 0 spiro atoms. The number of benzene rings is 1. The predicted octanol–water partition coefficient (Wildman–Crippen LogP) is 2.79. The van der Waals surface area contributed by atoms with Crippen molar-refractivity contribution in [2.45, 2.75) is 12.6 Å². The molecule has 0 bridgehead atoms. The zero-order chi connectivity index (χ0) is 15.7. The Labute approximate surface area is 134 Å². The Bertz CT molecular complexity index is 680. The molecule has 1 saturated heterocycles. The van der Waals surface area contributed by atoms with Crippen LogP contribution in [0.15, 0.2) is 28.7 Å². The molecule has 1 fully saturated rings. The number of rotatable bonds is 1. The predicted molar refractivity (Wildman–Crippen MR) is 82.9 cm³/mol. The van der Waals surface area contributed by atoms with Crippen molar-refractivity contribution in [2.75, 3.05) is 31.1 Å². The monoisotopic (exact) mass is 374 g/mol. The fourth-order valence-electron chi connectivity index (χ4n) is 2.76. The number of pyridine rings is 1. The van der Waals surface area contributed by atoms with Gasteiger partial charge in [-0.25, -0.2) is 4.98 Å². The van der Waals surface area contributed by atoms with E-state index < -0.39 is 11.9 Å². The first-order valence-electron chi connectivity index (χ1n) is 7.19. The molecule has 7 heteroatoms. The molecule has 0 aliphatic carbocycles. The van der Waals surface area contributed by atoms with E-state index in [4.69, 9.17) is 0 Å². The lowest BCUT2D eigenvalue weighted by molar-refractivity contribution is -0.650. The summed E-state index contributed by atoms with van der Waals surface area (Å²) in [5, 5.41) is 2.95. The fraction of sp³-hybridized carbons (Fsp3) is 0.400. The lowest BCUT2D eigenvalue weighted by atomic mass is 10.1. The molecule has 1 aliphatic heterocycles. The minimum atomic E-state index is -4.44. The van der Waals surface area contributed by atoms with Crippen molar-refractivity contribution in [1.29, 1.82) is 0 Å². The number of hydrogen-bond donors (Lipinski definition) is 1. The minimum Gasteiger partial charge on any atom is -0.365 e.